The van der Waals surface area contributed by atoms with Crippen molar-refractivity contribution < 1.29 is 4.79 Å². The third-order valence-electron chi connectivity index (χ3n) is 2.30. The minimum atomic E-state index is 0.879. The van der Waals surface area contributed by atoms with Crippen LogP contribution in [0.2, 0.25) is 0 Å². The van der Waals surface area contributed by atoms with Crippen LogP contribution in [0.15, 0.2) is 12.3 Å². The van der Waals surface area contributed by atoms with E-state index in [2.05, 4.69) is 4.57 Å². The number of carbonyl (C=O) groups excluding carboxylic acids is 1. The van der Waals surface area contributed by atoms with Crippen LogP contribution in [0.25, 0.3) is 0 Å². The number of rotatable bonds is 1. The molecule has 2 heterocycles. The lowest BCUT2D eigenvalue weighted by atomic mass is 10.1. The van der Waals surface area contributed by atoms with Crippen molar-refractivity contribution in [3.63, 3.8) is 0 Å². The summed E-state index contributed by atoms with van der Waals surface area (Å²) in [6, 6.07) is 1.91. The minimum absolute atomic E-state index is 0.879. The number of hydrogen-bond acceptors (Lipinski definition) is 1. The molecule has 0 N–H and O–H groups in total. The smallest absolute Gasteiger partial charge is 0.151 e. The molecule has 0 bridgehead atoms. The molecule has 0 saturated heterocycles. The van der Waals surface area contributed by atoms with Crippen molar-refractivity contribution in [1.29, 1.82) is 0 Å². The first-order chi connectivity index (χ1) is 5.42. The molecule has 0 saturated carbocycles. The predicted octanol–water partition coefficient (Wildman–Crippen LogP) is 1.64. The highest BCUT2D eigenvalue weighted by Crippen LogP contribution is 2.18. The predicted molar refractivity (Wildman–Crippen MR) is 42.8 cm³/mol. The molecule has 0 radical (unpaired) electrons. The van der Waals surface area contributed by atoms with E-state index in [0.717, 1.165) is 24.8 Å². The maximum Gasteiger partial charge on any atom is 0.151 e. The average Bonchev–Trinajstić information content (AvgIpc) is 2.47. The first-order valence-electron chi connectivity index (χ1n) is 4.05. The van der Waals surface area contributed by atoms with Crippen LogP contribution in [0.3, 0.4) is 0 Å². The van der Waals surface area contributed by atoms with Gasteiger partial charge < -0.3 is 4.57 Å². The summed E-state index contributed by atoms with van der Waals surface area (Å²) < 4.78 is 2.19. The lowest BCUT2D eigenvalue weighted by molar-refractivity contribution is 0.112. The highest BCUT2D eigenvalue weighted by atomic mass is 16.1. The van der Waals surface area contributed by atoms with Gasteiger partial charge in [0, 0.05) is 24.0 Å². The van der Waals surface area contributed by atoms with Crippen LogP contribution >= 0.6 is 0 Å². The van der Waals surface area contributed by atoms with Crippen LogP contribution in [0.1, 0.15) is 28.9 Å². The fraction of sp³-hybridized carbons (Fsp3) is 0.444. The largest absolute Gasteiger partial charge is 0.351 e. The molecule has 2 nitrogen and oxygen atoms in total. The summed E-state index contributed by atoms with van der Waals surface area (Å²) in [5.74, 6) is 0. The standard InChI is InChI=1S/C9H11NO/c11-7-8-4-6-10-5-2-1-3-9(8)10/h4,6-7H,1-3,5H2. The highest BCUT2D eigenvalue weighted by Gasteiger charge is 2.11. The van der Waals surface area contributed by atoms with Gasteiger partial charge in [-0.25, -0.2) is 0 Å². The molecule has 0 spiro atoms. The van der Waals surface area contributed by atoms with Crippen molar-refractivity contribution in [2.45, 2.75) is 25.8 Å². The zero-order valence-corrected chi connectivity index (χ0v) is 6.42. The van der Waals surface area contributed by atoms with Crippen LogP contribution < -0.4 is 0 Å². The third-order valence-corrected chi connectivity index (χ3v) is 2.30. The van der Waals surface area contributed by atoms with Gasteiger partial charge in [-0.2, -0.15) is 0 Å². The lowest BCUT2D eigenvalue weighted by Crippen LogP contribution is -2.09. The van der Waals surface area contributed by atoms with Gasteiger partial charge in [0.2, 0.25) is 0 Å². The Bertz CT molecular complexity index is 275. The van der Waals surface area contributed by atoms with Gasteiger partial charge in [-0.3, -0.25) is 4.79 Å². The number of aromatic nitrogens is 1. The molecule has 0 fully saturated rings. The Hall–Kier alpha value is -1.05. The fourth-order valence-electron chi connectivity index (χ4n) is 1.70. The van der Waals surface area contributed by atoms with Crippen molar-refractivity contribution in [1.82, 2.24) is 4.57 Å². The van der Waals surface area contributed by atoms with Gasteiger partial charge in [0.25, 0.3) is 0 Å². The van der Waals surface area contributed by atoms with Crippen LogP contribution in [-0.2, 0) is 13.0 Å². The number of fused-ring (bicyclic) bond motifs is 1. The highest BCUT2D eigenvalue weighted by molar-refractivity contribution is 5.76. The number of aldehydes is 1. The van der Waals surface area contributed by atoms with Crippen molar-refractivity contribution in [3.8, 4) is 0 Å². The summed E-state index contributed by atoms with van der Waals surface area (Å²) in [5, 5.41) is 0. The molecule has 0 aliphatic carbocycles. The summed E-state index contributed by atoms with van der Waals surface area (Å²) in [6.45, 7) is 1.09. The third kappa shape index (κ3) is 0.985. The molecule has 1 aliphatic heterocycles. The lowest BCUT2D eigenvalue weighted by Gasteiger charge is -2.14. The monoisotopic (exact) mass is 149 g/mol. The molecular weight excluding hydrogens is 138 g/mol. The van der Waals surface area contributed by atoms with Gasteiger partial charge in [0.05, 0.1) is 0 Å². The van der Waals surface area contributed by atoms with Gasteiger partial charge >= 0.3 is 0 Å². The van der Waals surface area contributed by atoms with E-state index < -0.39 is 0 Å². The van der Waals surface area contributed by atoms with E-state index in [-0.39, 0.29) is 0 Å². The topological polar surface area (TPSA) is 22.0 Å². The normalized spacial score (nSPS) is 16.0. The van der Waals surface area contributed by atoms with E-state index in [1.807, 2.05) is 12.3 Å². The maximum absolute atomic E-state index is 10.5. The Kier molecular flexibility index (Phi) is 1.53. The summed E-state index contributed by atoms with van der Waals surface area (Å²) in [7, 11) is 0. The molecule has 1 aromatic rings. The van der Waals surface area contributed by atoms with Gasteiger partial charge in [-0.05, 0) is 25.3 Å². The van der Waals surface area contributed by atoms with Gasteiger partial charge in [0.1, 0.15) is 0 Å². The molecule has 0 aromatic carbocycles. The molecule has 1 aromatic heterocycles. The molecule has 0 amide bonds. The van der Waals surface area contributed by atoms with Crippen molar-refractivity contribution in [3.05, 3.63) is 23.5 Å². The molecule has 11 heavy (non-hydrogen) atoms. The Morgan fingerprint density at radius 1 is 1.45 bits per heavy atom. The number of aryl methyl sites for hydroxylation is 1. The average molecular weight is 149 g/mol. The van der Waals surface area contributed by atoms with E-state index in [1.54, 1.807) is 0 Å². The summed E-state index contributed by atoms with van der Waals surface area (Å²) in [4.78, 5) is 10.5. The Morgan fingerprint density at radius 3 is 3.18 bits per heavy atom. The van der Waals surface area contributed by atoms with E-state index in [9.17, 15) is 4.79 Å². The Labute approximate surface area is 65.8 Å². The molecule has 58 valence electrons. The first kappa shape index (κ1) is 6.65. The number of hydrogen-bond donors (Lipinski definition) is 0. The molecular formula is C9H11NO. The summed E-state index contributed by atoms with van der Waals surface area (Å²) in [6.07, 6.45) is 6.52. The zero-order valence-electron chi connectivity index (χ0n) is 6.42. The van der Waals surface area contributed by atoms with Crippen molar-refractivity contribution in [2.24, 2.45) is 0 Å². The maximum atomic E-state index is 10.5. The van der Waals surface area contributed by atoms with Crippen LogP contribution in [-0.4, -0.2) is 10.9 Å². The van der Waals surface area contributed by atoms with Crippen LogP contribution in [0.4, 0.5) is 0 Å². The molecule has 2 rings (SSSR count). The molecule has 2 heteroatoms. The number of carbonyl (C=O) groups is 1. The second-order valence-electron chi connectivity index (χ2n) is 2.99. The molecule has 0 atom stereocenters. The van der Waals surface area contributed by atoms with Crippen molar-refractivity contribution in [2.75, 3.05) is 0 Å². The quantitative estimate of drug-likeness (QED) is 0.556. The Morgan fingerprint density at radius 2 is 2.36 bits per heavy atom. The molecule has 1 aliphatic rings. The van der Waals surface area contributed by atoms with Crippen LogP contribution in [0, 0.1) is 0 Å². The van der Waals surface area contributed by atoms with Gasteiger partial charge in [0.15, 0.2) is 6.29 Å². The number of nitrogens with zero attached hydrogens (tertiary/aromatic N) is 1. The SMILES string of the molecule is O=Cc1ccn2c1CCCC2. The second-order valence-corrected chi connectivity index (χ2v) is 2.99. The zero-order chi connectivity index (χ0) is 7.68. The summed E-state index contributed by atoms with van der Waals surface area (Å²) >= 11 is 0. The Balaban J connectivity index is 2.45. The molecule has 0 unspecified atom stereocenters. The minimum Gasteiger partial charge on any atom is -0.351 e. The van der Waals surface area contributed by atoms with E-state index in [1.165, 1.54) is 18.5 Å². The van der Waals surface area contributed by atoms with Crippen LogP contribution in [0.5, 0.6) is 0 Å². The van der Waals surface area contributed by atoms with Crippen molar-refractivity contribution >= 4 is 6.29 Å². The first-order valence-corrected chi connectivity index (χ1v) is 4.05. The van der Waals surface area contributed by atoms with E-state index >= 15 is 0 Å². The van der Waals surface area contributed by atoms with E-state index in [4.69, 9.17) is 0 Å². The van der Waals surface area contributed by atoms with Gasteiger partial charge in [-0.15, -0.1) is 0 Å². The van der Waals surface area contributed by atoms with Gasteiger partial charge in [-0.1, -0.05) is 0 Å². The summed E-state index contributed by atoms with van der Waals surface area (Å²) in [5.41, 5.74) is 2.11. The second kappa shape index (κ2) is 2.53. The van der Waals surface area contributed by atoms with E-state index in [0.29, 0.717) is 0 Å². The fourth-order valence-corrected chi connectivity index (χ4v) is 1.70.